The number of carbonyl (C=O) groups is 3. The maximum atomic E-state index is 13.4. The number of urea groups is 1. The van der Waals surface area contributed by atoms with Crippen molar-refractivity contribution in [2.45, 2.75) is 46.7 Å². The number of hydrogen-bond acceptors (Lipinski definition) is 7. The maximum Gasteiger partial charge on any atom is 0.338 e. The number of esters is 1. The average molecular weight is 517 g/mol. The van der Waals surface area contributed by atoms with E-state index in [1.54, 1.807) is 44.2 Å². The molecule has 2 aliphatic heterocycles. The van der Waals surface area contributed by atoms with Gasteiger partial charge in [-0.05, 0) is 38.5 Å². The highest BCUT2D eigenvalue weighted by Crippen LogP contribution is 2.36. The standard InChI is InChI=1S/C27H40N4O6/c1-8-30-22(16-29-10-11-31(18(5)15-29)25(32)17(3)4)23(26(33)37-9-2)24(28-27(30)34)19-12-20(35-6)14-21(13-19)36-7/h12-14,17-18,24H,8-11,15-16H2,1-7H3,(H,28,34). The Hall–Kier alpha value is -3.27. The summed E-state index contributed by atoms with van der Waals surface area (Å²) in [6.45, 7) is 12.3. The van der Waals surface area contributed by atoms with E-state index < -0.39 is 12.0 Å². The number of nitrogens with one attached hydrogen (secondary N) is 1. The number of benzene rings is 1. The Bertz CT molecular complexity index is 1020. The van der Waals surface area contributed by atoms with Crippen LogP contribution in [-0.2, 0) is 14.3 Å². The largest absolute Gasteiger partial charge is 0.497 e. The molecule has 1 fully saturated rings. The van der Waals surface area contributed by atoms with Gasteiger partial charge in [0.15, 0.2) is 0 Å². The zero-order chi connectivity index (χ0) is 27.3. The summed E-state index contributed by atoms with van der Waals surface area (Å²) in [5.74, 6) is 0.685. The van der Waals surface area contributed by atoms with Crippen molar-refractivity contribution in [3.8, 4) is 11.5 Å². The molecule has 1 aromatic rings. The average Bonchev–Trinajstić information content (AvgIpc) is 2.87. The quantitative estimate of drug-likeness (QED) is 0.504. The van der Waals surface area contributed by atoms with Gasteiger partial charge in [-0.2, -0.15) is 0 Å². The molecule has 2 atom stereocenters. The Morgan fingerprint density at radius 2 is 1.73 bits per heavy atom. The van der Waals surface area contributed by atoms with E-state index in [0.29, 0.717) is 61.1 Å². The molecule has 2 aliphatic rings. The molecule has 37 heavy (non-hydrogen) atoms. The normalized spacial score (nSPS) is 20.7. The molecule has 3 rings (SSSR count). The minimum Gasteiger partial charge on any atom is -0.497 e. The molecule has 3 amide bonds. The molecule has 0 radical (unpaired) electrons. The lowest BCUT2D eigenvalue weighted by Crippen LogP contribution is -2.57. The Morgan fingerprint density at radius 3 is 2.24 bits per heavy atom. The van der Waals surface area contributed by atoms with Crippen molar-refractivity contribution in [1.29, 1.82) is 0 Å². The van der Waals surface area contributed by atoms with E-state index in [2.05, 4.69) is 10.2 Å². The van der Waals surface area contributed by atoms with E-state index in [9.17, 15) is 14.4 Å². The first-order valence-corrected chi connectivity index (χ1v) is 12.9. The Morgan fingerprint density at radius 1 is 1.08 bits per heavy atom. The van der Waals surface area contributed by atoms with E-state index in [4.69, 9.17) is 14.2 Å². The summed E-state index contributed by atoms with van der Waals surface area (Å²) in [7, 11) is 3.10. The van der Waals surface area contributed by atoms with E-state index in [1.807, 2.05) is 32.6 Å². The Balaban J connectivity index is 2.04. The van der Waals surface area contributed by atoms with Crippen molar-refractivity contribution < 1.29 is 28.6 Å². The van der Waals surface area contributed by atoms with Crippen LogP contribution in [0.3, 0.4) is 0 Å². The number of amides is 3. The molecule has 10 nitrogen and oxygen atoms in total. The van der Waals surface area contributed by atoms with Gasteiger partial charge in [0, 0.05) is 56.4 Å². The molecule has 0 aliphatic carbocycles. The second-order valence-corrected chi connectivity index (χ2v) is 9.62. The topological polar surface area (TPSA) is 101 Å². The lowest BCUT2D eigenvalue weighted by molar-refractivity contribution is -0.139. The van der Waals surface area contributed by atoms with Crippen molar-refractivity contribution in [3.05, 3.63) is 35.0 Å². The van der Waals surface area contributed by atoms with Crippen LogP contribution >= 0.6 is 0 Å². The van der Waals surface area contributed by atoms with Crippen LogP contribution in [0.5, 0.6) is 11.5 Å². The lowest BCUT2D eigenvalue weighted by Gasteiger charge is -2.43. The molecule has 1 N–H and O–H groups in total. The monoisotopic (exact) mass is 516 g/mol. The summed E-state index contributed by atoms with van der Waals surface area (Å²) in [5, 5.41) is 2.98. The number of carbonyl (C=O) groups excluding carboxylic acids is 3. The summed E-state index contributed by atoms with van der Waals surface area (Å²) in [4.78, 5) is 45.0. The highest BCUT2D eigenvalue weighted by atomic mass is 16.5. The highest BCUT2D eigenvalue weighted by molar-refractivity contribution is 5.95. The summed E-state index contributed by atoms with van der Waals surface area (Å²) < 4.78 is 16.3. The predicted octanol–water partition coefficient (Wildman–Crippen LogP) is 2.80. The first-order chi connectivity index (χ1) is 17.6. The molecule has 1 saturated heterocycles. The van der Waals surface area contributed by atoms with Gasteiger partial charge in [-0.1, -0.05) is 13.8 Å². The summed E-state index contributed by atoms with van der Waals surface area (Å²) in [5.41, 5.74) is 1.64. The molecule has 2 unspecified atom stereocenters. The van der Waals surface area contributed by atoms with Crippen molar-refractivity contribution in [2.75, 3.05) is 53.6 Å². The Kier molecular flexibility index (Phi) is 9.42. The number of likely N-dealkylation sites (N-methyl/N-ethyl adjacent to an activating group) is 1. The fraction of sp³-hybridized carbons (Fsp3) is 0.593. The molecule has 0 aromatic heterocycles. The van der Waals surface area contributed by atoms with Crippen molar-refractivity contribution in [2.24, 2.45) is 5.92 Å². The number of methoxy groups -OCH3 is 2. The van der Waals surface area contributed by atoms with Gasteiger partial charge in [-0.3, -0.25) is 14.6 Å². The van der Waals surface area contributed by atoms with Crippen LogP contribution in [0.4, 0.5) is 4.79 Å². The summed E-state index contributed by atoms with van der Waals surface area (Å²) in [6.07, 6.45) is 0. The fourth-order valence-electron chi connectivity index (χ4n) is 4.95. The van der Waals surface area contributed by atoms with Gasteiger partial charge in [-0.25, -0.2) is 9.59 Å². The van der Waals surface area contributed by atoms with E-state index in [0.717, 1.165) is 0 Å². The third-order valence-electron chi connectivity index (χ3n) is 6.82. The van der Waals surface area contributed by atoms with Crippen LogP contribution < -0.4 is 14.8 Å². The molecule has 0 spiro atoms. The Labute approximate surface area is 219 Å². The molecule has 1 aromatic carbocycles. The van der Waals surface area contributed by atoms with E-state index in [1.165, 1.54) is 0 Å². The number of nitrogens with zero attached hydrogens (tertiary/aromatic N) is 3. The van der Waals surface area contributed by atoms with Gasteiger partial charge in [0.1, 0.15) is 11.5 Å². The van der Waals surface area contributed by atoms with Crippen LogP contribution in [-0.4, -0.2) is 92.2 Å². The van der Waals surface area contributed by atoms with E-state index in [-0.39, 0.29) is 30.5 Å². The number of ether oxygens (including phenoxy) is 3. The fourth-order valence-corrected chi connectivity index (χ4v) is 4.95. The third kappa shape index (κ3) is 6.18. The van der Waals surface area contributed by atoms with Crippen LogP contribution in [0.2, 0.25) is 0 Å². The van der Waals surface area contributed by atoms with Crippen molar-refractivity contribution >= 4 is 17.9 Å². The minimum atomic E-state index is -0.741. The summed E-state index contributed by atoms with van der Waals surface area (Å²) >= 11 is 0. The molecule has 2 heterocycles. The molecule has 0 bridgehead atoms. The molecule has 204 valence electrons. The number of rotatable bonds is 9. The number of piperazine rings is 1. The SMILES string of the molecule is CCOC(=O)C1=C(CN2CCN(C(=O)C(C)C)C(C)C2)N(CC)C(=O)NC1c1cc(OC)cc(OC)c1. The zero-order valence-electron chi connectivity index (χ0n) is 23.0. The van der Waals surface area contributed by atoms with Crippen LogP contribution in [0, 0.1) is 5.92 Å². The highest BCUT2D eigenvalue weighted by Gasteiger charge is 2.39. The number of hydrogen-bond donors (Lipinski definition) is 1. The molecular formula is C27H40N4O6. The van der Waals surface area contributed by atoms with Gasteiger partial charge in [0.2, 0.25) is 5.91 Å². The first-order valence-electron chi connectivity index (χ1n) is 12.9. The predicted molar refractivity (Wildman–Crippen MR) is 139 cm³/mol. The van der Waals surface area contributed by atoms with E-state index >= 15 is 0 Å². The lowest BCUT2D eigenvalue weighted by atomic mass is 9.93. The van der Waals surface area contributed by atoms with Gasteiger partial charge >= 0.3 is 12.0 Å². The third-order valence-corrected chi connectivity index (χ3v) is 6.82. The second-order valence-electron chi connectivity index (χ2n) is 9.62. The van der Waals surface area contributed by atoms with Crippen LogP contribution in [0.1, 0.15) is 46.2 Å². The zero-order valence-corrected chi connectivity index (χ0v) is 23.0. The van der Waals surface area contributed by atoms with Gasteiger partial charge in [-0.15, -0.1) is 0 Å². The van der Waals surface area contributed by atoms with Crippen molar-refractivity contribution in [1.82, 2.24) is 20.0 Å². The second kappa shape index (κ2) is 12.3. The smallest absolute Gasteiger partial charge is 0.338 e. The maximum absolute atomic E-state index is 13.4. The molecule has 0 saturated carbocycles. The molecule has 10 heteroatoms. The van der Waals surface area contributed by atoms with Crippen LogP contribution in [0.15, 0.2) is 29.5 Å². The first kappa shape index (κ1) is 28.3. The van der Waals surface area contributed by atoms with Gasteiger partial charge < -0.3 is 24.4 Å². The van der Waals surface area contributed by atoms with Crippen molar-refractivity contribution in [3.63, 3.8) is 0 Å². The van der Waals surface area contributed by atoms with Gasteiger partial charge in [0.25, 0.3) is 0 Å². The minimum absolute atomic E-state index is 0.0150. The van der Waals surface area contributed by atoms with Crippen LogP contribution in [0.25, 0.3) is 0 Å². The summed E-state index contributed by atoms with van der Waals surface area (Å²) in [6, 6.07) is 4.28. The van der Waals surface area contributed by atoms with Gasteiger partial charge in [0.05, 0.1) is 32.4 Å². The molecular weight excluding hydrogens is 476 g/mol.